The number of phenolic OH excluding ortho intramolecular Hbond substituents is 1. The molecule has 1 aromatic rings. The second kappa shape index (κ2) is 6.48. The standard InChI is InChI=1S/C14H13NO7.C2H4O2/c16-6-1-5-4-2-7-13(22-3-21-7)11(18)8(4)14(20)15-9(5)12(19)10(6)17;1-2(3)4/h1-2,6,9-10,12,16-19H,3H2,(H,15,20);1H3,(H,3,4)/t6-,9+,10+,12-;/m0./s1. The van der Waals surface area contributed by atoms with E-state index in [1.807, 2.05) is 0 Å². The highest BCUT2D eigenvalue weighted by molar-refractivity contribution is 6.07. The smallest absolute Gasteiger partial charge is 0.300 e. The molecule has 0 fully saturated rings. The van der Waals surface area contributed by atoms with E-state index in [9.17, 15) is 25.2 Å². The maximum absolute atomic E-state index is 12.2. The number of rotatable bonds is 0. The number of carbonyl (C=O) groups is 2. The minimum absolute atomic E-state index is 0.0115. The second-order valence-corrected chi connectivity index (χ2v) is 5.95. The fourth-order valence-electron chi connectivity index (χ4n) is 3.09. The zero-order valence-electron chi connectivity index (χ0n) is 13.5. The number of carboxylic acids is 1. The summed E-state index contributed by atoms with van der Waals surface area (Å²) in [7, 11) is 0. The summed E-state index contributed by atoms with van der Waals surface area (Å²) in [6.45, 7) is 1.01. The number of aliphatic hydroxyl groups excluding tert-OH is 3. The Bertz CT molecular complexity index is 799. The van der Waals surface area contributed by atoms with E-state index in [1.54, 1.807) is 0 Å². The van der Waals surface area contributed by atoms with Crippen LogP contribution in [0.2, 0.25) is 0 Å². The molecule has 0 bridgehead atoms. The van der Waals surface area contributed by atoms with Gasteiger partial charge in [0, 0.05) is 12.5 Å². The van der Waals surface area contributed by atoms with Crippen LogP contribution in [-0.4, -0.2) is 68.6 Å². The first-order valence-corrected chi connectivity index (χ1v) is 7.64. The van der Waals surface area contributed by atoms with Crippen molar-refractivity contribution in [2.24, 2.45) is 0 Å². The number of nitrogens with one attached hydrogen (secondary N) is 1. The number of aliphatic hydroxyl groups is 3. The van der Waals surface area contributed by atoms with Gasteiger partial charge in [0.25, 0.3) is 11.9 Å². The van der Waals surface area contributed by atoms with Crippen LogP contribution < -0.4 is 14.8 Å². The maximum Gasteiger partial charge on any atom is 0.300 e. The normalized spacial score (nSPS) is 28.0. The molecule has 1 aromatic carbocycles. The van der Waals surface area contributed by atoms with Crippen molar-refractivity contribution in [2.75, 3.05) is 6.79 Å². The number of benzene rings is 1. The molecule has 6 N–H and O–H groups in total. The molecule has 4 rings (SSSR count). The van der Waals surface area contributed by atoms with Crippen LogP contribution in [0.5, 0.6) is 17.2 Å². The summed E-state index contributed by atoms with van der Waals surface area (Å²) >= 11 is 0. The molecule has 1 aliphatic carbocycles. The molecular formula is C16H17NO9. The lowest BCUT2D eigenvalue weighted by atomic mass is 9.79. The van der Waals surface area contributed by atoms with Gasteiger partial charge >= 0.3 is 0 Å². The van der Waals surface area contributed by atoms with Gasteiger partial charge in [0.2, 0.25) is 12.5 Å². The number of fused-ring (bicyclic) bond motifs is 4. The van der Waals surface area contributed by atoms with E-state index in [2.05, 4.69) is 5.32 Å². The van der Waals surface area contributed by atoms with Gasteiger partial charge < -0.3 is 40.3 Å². The van der Waals surface area contributed by atoms with Gasteiger partial charge in [0.1, 0.15) is 18.3 Å². The lowest BCUT2D eigenvalue weighted by molar-refractivity contribution is -0.134. The second-order valence-electron chi connectivity index (χ2n) is 5.95. The van der Waals surface area contributed by atoms with Crippen molar-refractivity contribution in [2.45, 2.75) is 31.3 Å². The van der Waals surface area contributed by atoms with Crippen molar-refractivity contribution in [3.63, 3.8) is 0 Å². The Hall–Kier alpha value is -2.82. The Morgan fingerprint density at radius 1 is 1.23 bits per heavy atom. The van der Waals surface area contributed by atoms with Gasteiger partial charge in [-0.1, -0.05) is 0 Å². The Labute approximate surface area is 146 Å². The zero-order valence-corrected chi connectivity index (χ0v) is 13.5. The van der Waals surface area contributed by atoms with Gasteiger partial charge in [-0.15, -0.1) is 0 Å². The third-order valence-electron chi connectivity index (χ3n) is 4.19. The van der Waals surface area contributed by atoms with Gasteiger partial charge in [0.15, 0.2) is 11.5 Å². The van der Waals surface area contributed by atoms with Crippen molar-refractivity contribution in [3.05, 3.63) is 23.3 Å². The van der Waals surface area contributed by atoms with E-state index in [1.165, 1.54) is 12.1 Å². The predicted octanol–water partition coefficient (Wildman–Crippen LogP) is -1.20. The molecule has 2 aliphatic heterocycles. The monoisotopic (exact) mass is 367 g/mol. The van der Waals surface area contributed by atoms with Crippen LogP contribution >= 0.6 is 0 Å². The van der Waals surface area contributed by atoms with Gasteiger partial charge in [-0.3, -0.25) is 9.59 Å². The minimum Gasteiger partial charge on any atom is -0.504 e. The molecule has 0 unspecified atom stereocenters. The lowest BCUT2D eigenvalue weighted by Gasteiger charge is -2.39. The first-order chi connectivity index (χ1) is 12.2. The number of amides is 1. The van der Waals surface area contributed by atoms with E-state index in [-0.39, 0.29) is 29.6 Å². The fraction of sp³-hybridized carbons (Fsp3) is 0.375. The van der Waals surface area contributed by atoms with Crippen LogP contribution in [0, 0.1) is 0 Å². The van der Waals surface area contributed by atoms with Crippen LogP contribution in [0.25, 0.3) is 5.57 Å². The Morgan fingerprint density at radius 3 is 2.54 bits per heavy atom. The van der Waals surface area contributed by atoms with Crippen molar-refractivity contribution < 1.29 is 44.6 Å². The van der Waals surface area contributed by atoms with Gasteiger partial charge in [-0.25, -0.2) is 0 Å². The van der Waals surface area contributed by atoms with E-state index in [0.717, 1.165) is 6.92 Å². The molecule has 140 valence electrons. The third-order valence-corrected chi connectivity index (χ3v) is 4.19. The van der Waals surface area contributed by atoms with E-state index in [4.69, 9.17) is 19.4 Å². The largest absolute Gasteiger partial charge is 0.504 e. The molecule has 0 saturated carbocycles. The number of ether oxygens (including phenoxy) is 2. The van der Waals surface area contributed by atoms with Crippen LogP contribution in [0.15, 0.2) is 12.1 Å². The Balaban J connectivity index is 0.000000447. The van der Waals surface area contributed by atoms with Gasteiger partial charge in [-0.2, -0.15) is 0 Å². The van der Waals surface area contributed by atoms with Crippen molar-refractivity contribution in [3.8, 4) is 17.2 Å². The number of carbonyl (C=O) groups excluding carboxylic acids is 1. The topological polar surface area (TPSA) is 166 Å². The van der Waals surface area contributed by atoms with Crippen LogP contribution in [0.4, 0.5) is 0 Å². The predicted molar refractivity (Wildman–Crippen MR) is 84.8 cm³/mol. The number of aromatic hydroxyl groups is 1. The summed E-state index contributed by atoms with van der Waals surface area (Å²) in [5.41, 5.74) is 0.733. The minimum atomic E-state index is -1.40. The first kappa shape index (κ1) is 18.0. The molecule has 4 atom stereocenters. The first-order valence-electron chi connectivity index (χ1n) is 7.64. The highest BCUT2D eigenvalue weighted by Gasteiger charge is 2.44. The van der Waals surface area contributed by atoms with Crippen LogP contribution in [0.1, 0.15) is 22.8 Å². The highest BCUT2D eigenvalue weighted by atomic mass is 16.7. The van der Waals surface area contributed by atoms with Crippen LogP contribution in [0.3, 0.4) is 0 Å². The molecular weight excluding hydrogens is 350 g/mol. The summed E-state index contributed by atoms with van der Waals surface area (Å²) in [5, 5.41) is 49.8. The third kappa shape index (κ3) is 2.83. The van der Waals surface area contributed by atoms with Gasteiger partial charge in [0.05, 0.1) is 11.6 Å². The van der Waals surface area contributed by atoms with Gasteiger partial charge in [-0.05, 0) is 17.7 Å². The average molecular weight is 367 g/mol. The van der Waals surface area contributed by atoms with E-state index < -0.39 is 36.2 Å². The maximum atomic E-state index is 12.2. The Kier molecular flexibility index (Phi) is 4.48. The van der Waals surface area contributed by atoms with Crippen molar-refractivity contribution >= 4 is 17.4 Å². The van der Waals surface area contributed by atoms with Crippen LogP contribution in [-0.2, 0) is 4.79 Å². The molecule has 26 heavy (non-hydrogen) atoms. The number of carboxylic acid groups (broad SMARTS) is 1. The SMILES string of the molecule is CC(=O)O.O=C1N[C@@H]2C(=C[C@H](O)[C@@H](O)[C@H]2O)c2cc3c(c(O)c21)OCO3. The summed E-state index contributed by atoms with van der Waals surface area (Å²) in [6.07, 6.45) is -2.70. The quantitative estimate of drug-likeness (QED) is 0.330. The number of hydrogen-bond donors (Lipinski definition) is 6. The van der Waals surface area contributed by atoms with Crippen molar-refractivity contribution in [1.29, 1.82) is 0 Å². The number of hydrogen-bond acceptors (Lipinski definition) is 8. The summed E-state index contributed by atoms with van der Waals surface area (Å²) in [5.74, 6) is -1.42. The molecule has 0 radical (unpaired) electrons. The molecule has 1 amide bonds. The Morgan fingerprint density at radius 2 is 1.88 bits per heavy atom. The molecule has 0 aromatic heterocycles. The van der Waals surface area contributed by atoms with E-state index in [0.29, 0.717) is 11.1 Å². The zero-order chi connectivity index (χ0) is 19.2. The fourth-order valence-corrected chi connectivity index (χ4v) is 3.09. The molecule has 10 nitrogen and oxygen atoms in total. The average Bonchev–Trinajstić information content (AvgIpc) is 3.02. The van der Waals surface area contributed by atoms with Crippen molar-refractivity contribution in [1.82, 2.24) is 5.32 Å². The lowest BCUT2D eigenvalue weighted by Crippen LogP contribution is -2.57. The molecule has 3 aliphatic rings. The molecule has 0 spiro atoms. The molecule has 2 heterocycles. The summed E-state index contributed by atoms with van der Waals surface area (Å²) < 4.78 is 10.3. The number of phenols is 1. The van der Waals surface area contributed by atoms with E-state index >= 15 is 0 Å². The summed E-state index contributed by atoms with van der Waals surface area (Å²) in [4.78, 5) is 21.2. The molecule has 10 heteroatoms. The summed E-state index contributed by atoms with van der Waals surface area (Å²) in [6, 6.07) is 0.643. The number of aliphatic carboxylic acids is 1. The highest BCUT2D eigenvalue weighted by Crippen LogP contribution is 2.48. The molecule has 0 saturated heterocycles.